The molecule has 2 heterocycles. The second-order valence-corrected chi connectivity index (χ2v) is 7.67. The third kappa shape index (κ3) is 3.46. The number of hydrogen-bond donors (Lipinski definition) is 0. The van der Waals surface area contributed by atoms with Gasteiger partial charge in [0.1, 0.15) is 6.33 Å². The normalized spacial score (nSPS) is 20.7. The lowest BCUT2D eigenvalue weighted by atomic mass is 9.99. The van der Waals surface area contributed by atoms with Gasteiger partial charge in [0.25, 0.3) is 5.91 Å². The Labute approximate surface area is 149 Å². The van der Waals surface area contributed by atoms with Gasteiger partial charge in [0.2, 0.25) is 0 Å². The van der Waals surface area contributed by atoms with Gasteiger partial charge in [-0.05, 0) is 64.0 Å². The van der Waals surface area contributed by atoms with E-state index in [1.165, 1.54) is 12.8 Å². The van der Waals surface area contributed by atoms with Crippen LogP contribution in [0.2, 0.25) is 0 Å². The van der Waals surface area contributed by atoms with Gasteiger partial charge < -0.3 is 9.47 Å². The quantitative estimate of drug-likeness (QED) is 0.854. The molecule has 0 N–H and O–H groups in total. The molecule has 5 heteroatoms. The van der Waals surface area contributed by atoms with Crippen molar-refractivity contribution in [3.63, 3.8) is 0 Å². The standard InChI is InChI=1S/C20H26N4O/c1-14-9-15(2)11-17(10-14)20(25)24-8-4-3-5-18(24)19-22-21-13-23(19)12-16-6-7-16/h9-11,13,16,18H,3-8,12H2,1-2H3. The largest absolute Gasteiger partial charge is 0.328 e. The zero-order valence-electron chi connectivity index (χ0n) is 15.1. The Hall–Kier alpha value is -2.17. The number of nitrogens with zero attached hydrogens (tertiary/aromatic N) is 4. The predicted molar refractivity (Wildman–Crippen MR) is 96.3 cm³/mol. The maximum atomic E-state index is 13.2. The molecule has 1 atom stereocenters. The number of aryl methyl sites for hydroxylation is 2. The monoisotopic (exact) mass is 338 g/mol. The maximum Gasteiger partial charge on any atom is 0.254 e. The van der Waals surface area contributed by atoms with E-state index in [1.54, 1.807) is 0 Å². The molecular weight excluding hydrogens is 312 g/mol. The molecular formula is C20H26N4O. The summed E-state index contributed by atoms with van der Waals surface area (Å²) in [5.74, 6) is 1.85. The van der Waals surface area contributed by atoms with Crippen LogP contribution in [0.1, 0.15) is 65.5 Å². The van der Waals surface area contributed by atoms with Crippen molar-refractivity contribution in [1.29, 1.82) is 0 Å². The Morgan fingerprint density at radius 2 is 1.88 bits per heavy atom. The Morgan fingerprint density at radius 3 is 2.60 bits per heavy atom. The molecule has 2 aliphatic rings. The topological polar surface area (TPSA) is 51.0 Å². The first-order valence-corrected chi connectivity index (χ1v) is 9.39. The average molecular weight is 338 g/mol. The molecule has 2 aromatic rings. The van der Waals surface area contributed by atoms with Gasteiger partial charge in [0.15, 0.2) is 5.82 Å². The summed E-state index contributed by atoms with van der Waals surface area (Å²) in [6, 6.07) is 6.14. The van der Waals surface area contributed by atoms with E-state index in [1.807, 2.05) is 37.2 Å². The molecule has 1 saturated carbocycles. The molecule has 1 aliphatic heterocycles. The third-order valence-electron chi connectivity index (χ3n) is 5.33. The molecule has 1 aromatic carbocycles. The fourth-order valence-corrected chi connectivity index (χ4v) is 3.95. The first kappa shape index (κ1) is 16.3. The fourth-order valence-electron chi connectivity index (χ4n) is 3.95. The number of likely N-dealkylation sites (tertiary alicyclic amines) is 1. The van der Waals surface area contributed by atoms with Crippen LogP contribution < -0.4 is 0 Å². The van der Waals surface area contributed by atoms with E-state index in [0.29, 0.717) is 0 Å². The van der Waals surface area contributed by atoms with Gasteiger partial charge in [-0.15, -0.1) is 10.2 Å². The Balaban J connectivity index is 1.62. The molecule has 1 aliphatic carbocycles. The van der Waals surface area contributed by atoms with E-state index < -0.39 is 0 Å². The molecule has 132 valence electrons. The Kier molecular flexibility index (Phi) is 4.32. The zero-order chi connectivity index (χ0) is 17.4. The Morgan fingerprint density at radius 1 is 1.12 bits per heavy atom. The number of carbonyl (C=O) groups is 1. The predicted octanol–water partition coefficient (Wildman–Crippen LogP) is 3.67. The van der Waals surface area contributed by atoms with Gasteiger partial charge in [-0.3, -0.25) is 4.79 Å². The van der Waals surface area contributed by atoms with E-state index >= 15 is 0 Å². The second kappa shape index (κ2) is 6.62. The van der Waals surface area contributed by atoms with Crippen LogP contribution in [0.25, 0.3) is 0 Å². The van der Waals surface area contributed by atoms with Crippen LogP contribution in [0.3, 0.4) is 0 Å². The van der Waals surface area contributed by atoms with Gasteiger partial charge in [0.05, 0.1) is 6.04 Å². The van der Waals surface area contributed by atoms with Crippen LogP contribution in [0.15, 0.2) is 24.5 Å². The van der Waals surface area contributed by atoms with E-state index in [2.05, 4.69) is 20.8 Å². The molecule has 1 amide bonds. The first-order chi connectivity index (χ1) is 12.1. The lowest BCUT2D eigenvalue weighted by Gasteiger charge is -2.35. The minimum absolute atomic E-state index is 0.0447. The molecule has 25 heavy (non-hydrogen) atoms. The lowest BCUT2D eigenvalue weighted by Crippen LogP contribution is -2.39. The fraction of sp³-hybridized carbons (Fsp3) is 0.550. The summed E-state index contributed by atoms with van der Waals surface area (Å²) < 4.78 is 2.18. The number of hydrogen-bond acceptors (Lipinski definition) is 3. The van der Waals surface area contributed by atoms with Crippen molar-refractivity contribution in [2.75, 3.05) is 6.54 Å². The van der Waals surface area contributed by atoms with Crippen molar-refractivity contribution >= 4 is 5.91 Å². The van der Waals surface area contributed by atoms with Crippen LogP contribution in [0.5, 0.6) is 0 Å². The summed E-state index contributed by atoms with van der Waals surface area (Å²) in [6.07, 6.45) is 7.60. The van der Waals surface area contributed by atoms with Crippen molar-refractivity contribution in [1.82, 2.24) is 19.7 Å². The highest BCUT2D eigenvalue weighted by atomic mass is 16.2. The van der Waals surface area contributed by atoms with Crippen molar-refractivity contribution < 1.29 is 4.79 Å². The van der Waals surface area contributed by atoms with Gasteiger partial charge in [-0.1, -0.05) is 17.2 Å². The number of piperidine rings is 1. The number of carbonyl (C=O) groups excluding carboxylic acids is 1. The summed E-state index contributed by atoms with van der Waals surface area (Å²) in [5, 5.41) is 8.55. The van der Waals surface area contributed by atoms with Crippen LogP contribution in [0.4, 0.5) is 0 Å². The van der Waals surface area contributed by atoms with Crippen molar-refractivity contribution in [3.05, 3.63) is 47.0 Å². The molecule has 0 spiro atoms. The zero-order valence-corrected chi connectivity index (χ0v) is 15.1. The van der Waals surface area contributed by atoms with Crippen molar-refractivity contribution in [3.8, 4) is 0 Å². The van der Waals surface area contributed by atoms with E-state index in [0.717, 1.165) is 60.8 Å². The van der Waals surface area contributed by atoms with Gasteiger partial charge in [-0.2, -0.15) is 0 Å². The summed E-state index contributed by atoms with van der Waals surface area (Å²) in [5.41, 5.74) is 3.06. The summed E-state index contributed by atoms with van der Waals surface area (Å²) in [6.45, 7) is 5.88. The van der Waals surface area contributed by atoms with E-state index in [9.17, 15) is 4.79 Å². The SMILES string of the molecule is Cc1cc(C)cc(C(=O)N2CCCCC2c2nncn2CC2CC2)c1. The molecule has 1 saturated heterocycles. The summed E-state index contributed by atoms with van der Waals surface area (Å²) in [7, 11) is 0. The number of benzene rings is 1. The van der Waals surface area contributed by atoms with E-state index in [4.69, 9.17) is 0 Å². The van der Waals surface area contributed by atoms with Gasteiger partial charge in [-0.25, -0.2) is 0 Å². The number of amides is 1. The van der Waals surface area contributed by atoms with Crippen molar-refractivity contribution in [2.45, 2.75) is 58.5 Å². The highest BCUT2D eigenvalue weighted by Crippen LogP contribution is 2.34. The van der Waals surface area contributed by atoms with Gasteiger partial charge >= 0.3 is 0 Å². The summed E-state index contributed by atoms with van der Waals surface area (Å²) >= 11 is 0. The Bertz CT molecular complexity index is 758. The molecule has 0 radical (unpaired) electrons. The maximum absolute atomic E-state index is 13.2. The van der Waals surface area contributed by atoms with E-state index in [-0.39, 0.29) is 11.9 Å². The van der Waals surface area contributed by atoms with Crippen LogP contribution >= 0.6 is 0 Å². The molecule has 5 nitrogen and oxygen atoms in total. The molecule has 0 bridgehead atoms. The molecule has 1 aromatic heterocycles. The van der Waals surface area contributed by atoms with Crippen LogP contribution in [-0.4, -0.2) is 32.1 Å². The highest BCUT2D eigenvalue weighted by Gasteiger charge is 2.33. The van der Waals surface area contributed by atoms with Crippen molar-refractivity contribution in [2.24, 2.45) is 5.92 Å². The van der Waals surface area contributed by atoms with Gasteiger partial charge in [0, 0.05) is 18.7 Å². The smallest absolute Gasteiger partial charge is 0.254 e. The minimum atomic E-state index is 0.0447. The summed E-state index contributed by atoms with van der Waals surface area (Å²) in [4.78, 5) is 15.2. The number of rotatable bonds is 4. The highest BCUT2D eigenvalue weighted by molar-refractivity contribution is 5.95. The second-order valence-electron chi connectivity index (χ2n) is 7.67. The first-order valence-electron chi connectivity index (χ1n) is 9.39. The average Bonchev–Trinajstić information content (AvgIpc) is 3.29. The molecule has 1 unspecified atom stereocenters. The molecule has 2 fully saturated rings. The number of aromatic nitrogens is 3. The minimum Gasteiger partial charge on any atom is -0.328 e. The van der Waals surface area contributed by atoms with Crippen LogP contribution in [0, 0.1) is 19.8 Å². The third-order valence-corrected chi connectivity index (χ3v) is 5.33. The molecule has 4 rings (SSSR count). The van der Waals surface area contributed by atoms with Crippen LogP contribution in [-0.2, 0) is 6.54 Å². The lowest BCUT2D eigenvalue weighted by molar-refractivity contribution is 0.0594.